The van der Waals surface area contributed by atoms with Gasteiger partial charge in [-0.3, -0.25) is 4.90 Å². The number of benzene rings is 1. The first-order chi connectivity index (χ1) is 12.2. The Morgan fingerprint density at radius 2 is 1.85 bits per heavy atom. The van der Waals surface area contributed by atoms with E-state index in [2.05, 4.69) is 14.7 Å². The van der Waals surface area contributed by atoms with Crippen molar-refractivity contribution in [2.45, 2.75) is 44.1 Å². The molecule has 1 aromatic rings. The molecule has 0 radical (unpaired) electrons. The average molecular weight is 371 g/mol. The first-order valence-corrected chi connectivity index (χ1v) is 8.18. The summed E-state index contributed by atoms with van der Waals surface area (Å²) >= 11 is 0. The zero-order valence-corrected chi connectivity index (χ0v) is 14.2. The Balaban J connectivity index is 2.04. The van der Waals surface area contributed by atoms with Crippen molar-refractivity contribution in [3.05, 3.63) is 18.2 Å². The molecule has 142 valence electrons. The van der Waals surface area contributed by atoms with Crippen LogP contribution in [0.2, 0.25) is 0 Å². The van der Waals surface area contributed by atoms with Gasteiger partial charge < -0.3 is 20.9 Å². The van der Waals surface area contributed by atoms with Crippen LogP contribution in [0.5, 0.6) is 11.5 Å². The van der Waals surface area contributed by atoms with Gasteiger partial charge in [0, 0.05) is 6.07 Å². The lowest BCUT2D eigenvalue weighted by molar-refractivity contribution is -0.274. The van der Waals surface area contributed by atoms with Crippen LogP contribution in [-0.4, -0.2) is 31.1 Å². The second-order valence-electron chi connectivity index (χ2n) is 6.20. The number of methoxy groups -OCH3 is 1. The highest BCUT2D eigenvalue weighted by Crippen LogP contribution is 2.43. The fourth-order valence-electron chi connectivity index (χ4n) is 3.51. The molecule has 4 N–H and O–H groups in total. The molecule has 0 aromatic heterocycles. The number of alkyl halides is 3. The second kappa shape index (κ2) is 6.58. The number of anilines is 1. The summed E-state index contributed by atoms with van der Waals surface area (Å²) in [4.78, 5) is 10.2. The van der Waals surface area contributed by atoms with E-state index in [1.807, 2.05) is 0 Å². The number of ether oxygens (including phenoxy) is 2. The summed E-state index contributed by atoms with van der Waals surface area (Å²) in [7, 11) is 1.36. The monoisotopic (exact) mass is 371 g/mol. The number of halogens is 3. The number of nitrogens with zero attached hydrogens (tertiary/aromatic N) is 3. The molecule has 1 aromatic carbocycles. The van der Waals surface area contributed by atoms with Gasteiger partial charge in [0.15, 0.2) is 0 Å². The molecular formula is C16H20F3N5O2. The minimum Gasteiger partial charge on any atom is -0.494 e. The van der Waals surface area contributed by atoms with E-state index in [0.29, 0.717) is 18.5 Å². The van der Waals surface area contributed by atoms with Crippen LogP contribution in [0, 0.1) is 0 Å². The molecule has 1 fully saturated rings. The van der Waals surface area contributed by atoms with Crippen LogP contribution >= 0.6 is 0 Å². The topological polar surface area (TPSA) is 98.5 Å². The molecule has 0 saturated heterocycles. The Morgan fingerprint density at radius 3 is 2.46 bits per heavy atom. The van der Waals surface area contributed by atoms with E-state index < -0.39 is 12.0 Å². The Morgan fingerprint density at radius 1 is 1.15 bits per heavy atom. The van der Waals surface area contributed by atoms with Gasteiger partial charge in [-0.15, -0.1) is 13.2 Å². The van der Waals surface area contributed by atoms with Crippen molar-refractivity contribution >= 4 is 17.6 Å². The summed E-state index contributed by atoms with van der Waals surface area (Å²) in [6.45, 7) is 0. The van der Waals surface area contributed by atoms with Crippen LogP contribution in [0.1, 0.15) is 32.1 Å². The minimum atomic E-state index is -4.79. The van der Waals surface area contributed by atoms with Crippen LogP contribution in [-0.2, 0) is 0 Å². The number of rotatable bonds is 3. The van der Waals surface area contributed by atoms with Crippen molar-refractivity contribution in [3.8, 4) is 11.5 Å². The molecule has 1 saturated carbocycles. The van der Waals surface area contributed by atoms with Crippen LogP contribution in [0.4, 0.5) is 18.9 Å². The molecule has 1 aliphatic carbocycles. The fourth-order valence-corrected chi connectivity index (χ4v) is 3.51. The highest BCUT2D eigenvalue weighted by molar-refractivity contribution is 6.06. The van der Waals surface area contributed by atoms with Gasteiger partial charge in [-0.05, 0) is 37.8 Å². The van der Waals surface area contributed by atoms with E-state index in [1.54, 1.807) is 4.90 Å². The maximum absolute atomic E-state index is 12.5. The molecular weight excluding hydrogens is 351 g/mol. The lowest BCUT2D eigenvalue weighted by Crippen LogP contribution is -2.58. The lowest BCUT2D eigenvalue weighted by Gasteiger charge is -2.45. The Bertz CT molecular complexity index is 742. The number of hydrogen-bond acceptors (Lipinski definition) is 7. The summed E-state index contributed by atoms with van der Waals surface area (Å²) in [5.41, 5.74) is 11.7. The predicted molar refractivity (Wildman–Crippen MR) is 91.2 cm³/mol. The van der Waals surface area contributed by atoms with Gasteiger partial charge in [-0.2, -0.15) is 4.99 Å². The van der Waals surface area contributed by atoms with Crippen molar-refractivity contribution in [1.29, 1.82) is 0 Å². The van der Waals surface area contributed by atoms with Gasteiger partial charge in [0.25, 0.3) is 0 Å². The van der Waals surface area contributed by atoms with Crippen molar-refractivity contribution in [2.24, 2.45) is 21.5 Å². The molecule has 1 spiro atoms. The predicted octanol–water partition coefficient (Wildman–Crippen LogP) is 2.70. The molecule has 3 rings (SSSR count). The third kappa shape index (κ3) is 3.49. The molecule has 7 nitrogen and oxygen atoms in total. The molecule has 1 aliphatic heterocycles. The molecule has 10 heteroatoms. The Hall–Kier alpha value is -2.65. The quantitative estimate of drug-likeness (QED) is 0.851. The highest BCUT2D eigenvalue weighted by Gasteiger charge is 2.43. The van der Waals surface area contributed by atoms with Crippen molar-refractivity contribution in [2.75, 3.05) is 12.0 Å². The number of nitrogens with two attached hydrogens (primary N) is 2. The molecule has 0 bridgehead atoms. The zero-order chi connectivity index (χ0) is 18.9. The zero-order valence-electron chi connectivity index (χ0n) is 14.2. The highest BCUT2D eigenvalue weighted by atomic mass is 19.4. The van der Waals surface area contributed by atoms with E-state index >= 15 is 0 Å². The third-order valence-electron chi connectivity index (χ3n) is 4.48. The Kier molecular flexibility index (Phi) is 4.59. The summed E-state index contributed by atoms with van der Waals surface area (Å²) < 4.78 is 46.7. The maximum Gasteiger partial charge on any atom is 0.573 e. The first-order valence-electron chi connectivity index (χ1n) is 8.18. The van der Waals surface area contributed by atoms with E-state index in [1.165, 1.54) is 19.2 Å². The smallest absolute Gasteiger partial charge is 0.494 e. The van der Waals surface area contributed by atoms with Gasteiger partial charge in [-0.25, -0.2) is 4.99 Å². The maximum atomic E-state index is 12.5. The van der Waals surface area contributed by atoms with Crippen molar-refractivity contribution in [1.82, 2.24) is 0 Å². The lowest BCUT2D eigenvalue weighted by atomic mass is 9.87. The van der Waals surface area contributed by atoms with Gasteiger partial charge in [-0.1, -0.05) is 6.42 Å². The molecule has 0 amide bonds. The van der Waals surface area contributed by atoms with E-state index in [0.717, 1.165) is 25.3 Å². The molecule has 26 heavy (non-hydrogen) atoms. The summed E-state index contributed by atoms with van der Waals surface area (Å²) in [6.07, 6.45) is -0.461. The van der Waals surface area contributed by atoms with E-state index in [9.17, 15) is 13.2 Å². The SMILES string of the molecule is COc1cc(OC(F)(F)F)ccc1N1C(N)=NC(N)=NC12CCCCC2. The van der Waals surface area contributed by atoms with Gasteiger partial charge in [0.2, 0.25) is 11.9 Å². The standard InChI is InChI=1S/C16H20F3N5O2/c1-25-12-9-10(26-16(17,18)19)5-6-11(12)24-14(21)22-13(20)23-15(24)7-3-2-4-8-15/h5-6,9H,2-4,7-8H2,1H3,(H4,20,21,22,23). The van der Waals surface area contributed by atoms with Gasteiger partial charge >= 0.3 is 6.36 Å². The largest absolute Gasteiger partial charge is 0.573 e. The number of hydrogen-bond donors (Lipinski definition) is 2. The van der Waals surface area contributed by atoms with Crippen LogP contribution in [0.15, 0.2) is 28.2 Å². The third-order valence-corrected chi connectivity index (χ3v) is 4.48. The van der Waals surface area contributed by atoms with E-state index in [4.69, 9.17) is 16.2 Å². The molecule has 1 heterocycles. The molecule has 0 unspecified atom stereocenters. The van der Waals surface area contributed by atoms with Crippen LogP contribution in [0.25, 0.3) is 0 Å². The van der Waals surface area contributed by atoms with Crippen LogP contribution in [0.3, 0.4) is 0 Å². The normalized spacial score (nSPS) is 19.8. The summed E-state index contributed by atoms with van der Waals surface area (Å²) in [6, 6.07) is 3.82. The van der Waals surface area contributed by atoms with Crippen LogP contribution < -0.4 is 25.8 Å². The first kappa shape index (κ1) is 18.2. The van der Waals surface area contributed by atoms with Crippen molar-refractivity contribution in [3.63, 3.8) is 0 Å². The number of guanidine groups is 2. The fraction of sp³-hybridized carbons (Fsp3) is 0.500. The average Bonchev–Trinajstić information content (AvgIpc) is 2.54. The minimum absolute atomic E-state index is 0.0941. The molecule has 2 aliphatic rings. The van der Waals surface area contributed by atoms with Gasteiger partial charge in [0.05, 0.1) is 12.8 Å². The van der Waals surface area contributed by atoms with E-state index in [-0.39, 0.29) is 23.4 Å². The molecule has 0 atom stereocenters. The number of aliphatic imine (C=N–C) groups is 2. The van der Waals surface area contributed by atoms with Gasteiger partial charge in [0.1, 0.15) is 17.2 Å². The summed E-state index contributed by atoms with van der Waals surface area (Å²) in [5, 5.41) is 0. The second-order valence-corrected chi connectivity index (χ2v) is 6.20. The Labute approximate surface area is 148 Å². The van der Waals surface area contributed by atoms with Crippen molar-refractivity contribution < 1.29 is 22.6 Å². The summed E-state index contributed by atoms with van der Waals surface area (Å²) in [5.74, 6) is 0.00989.